The fourth-order valence-corrected chi connectivity index (χ4v) is 4.58. The highest BCUT2D eigenvalue weighted by Crippen LogP contribution is 2.35. The molecule has 1 spiro atoms. The number of carbonyl (C=O) groups is 2. The molecule has 168 valence electrons. The third-order valence-electron chi connectivity index (χ3n) is 6.22. The molecule has 2 N–H and O–H groups in total. The van der Waals surface area contributed by atoms with Crippen LogP contribution in [0.4, 0.5) is 0 Å². The second-order valence-electron chi connectivity index (χ2n) is 8.57. The van der Waals surface area contributed by atoms with Crippen molar-refractivity contribution in [2.24, 2.45) is 5.41 Å². The van der Waals surface area contributed by atoms with Crippen LogP contribution in [0, 0.1) is 5.41 Å². The molecule has 2 aromatic carbocycles. The summed E-state index contributed by atoms with van der Waals surface area (Å²) in [6.07, 6.45) is 6.51. The van der Waals surface area contributed by atoms with E-state index in [4.69, 9.17) is 4.74 Å². The lowest BCUT2D eigenvalue weighted by Gasteiger charge is -2.41. The van der Waals surface area contributed by atoms with E-state index in [1.165, 1.54) is 5.56 Å². The fourth-order valence-electron chi connectivity index (χ4n) is 4.58. The molecule has 32 heavy (non-hydrogen) atoms. The Morgan fingerprint density at radius 1 is 0.938 bits per heavy atom. The number of hydrogen-bond acceptors (Lipinski definition) is 4. The summed E-state index contributed by atoms with van der Waals surface area (Å²) in [6, 6.07) is 17.6. The van der Waals surface area contributed by atoms with Crippen molar-refractivity contribution in [1.29, 1.82) is 0 Å². The first-order valence-corrected chi connectivity index (χ1v) is 11.4. The van der Waals surface area contributed by atoms with E-state index in [2.05, 4.69) is 45.9 Å². The standard InChI is InChI=1S/C26H31N3O3/c30-24-22-11-4-5-12-23(22)32-18-7-6-13-26(25(31)28-16-15-27-24)14-8-17-29(20-26)19-21-9-2-1-3-10-21/h1-7,9-12H,8,13-20H2,(H,27,30)(H,28,31). The van der Waals surface area contributed by atoms with Gasteiger partial charge in [0.1, 0.15) is 12.4 Å². The van der Waals surface area contributed by atoms with Gasteiger partial charge in [-0.15, -0.1) is 0 Å². The van der Waals surface area contributed by atoms with Crippen LogP contribution in [-0.4, -0.2) is 49.5 Å². The molecule has 2 heterocycles. The minimum absolute atomic E-state index is 0.0625. The number of nitrogens with one attached hydrogen (secondary N) is 2. The number of likely N-dealkylation sites (tertiary alicyclic amines) is 1. The molecule has 0 aliphatic carbocycles. The average Bonchev–Trinajstić information content (AvgIpc) is 2.82. The molecule has 2 aliphatic rings. The molecule has 1 saturated heterocycles. The van der Waals surface area contributed by atoms with Crippen molar-refractivity contribution >= 4 is 11.8 Å². The molecule has 1 atom stereocenters. The lowest BCUT2D eigenvalue weighted by atomic mass is 9.76. The molecular formula is C26H31N3O3. The Bertz CT molecular complexity index is 960. The Morgan fingerprint density at radius 3 is 2.59 bits per heavy atom. The molecule has 0 bridgehead atoms. The van der Waals surface area contributed by atoms with Crippen LogP contribution in [0.25, 0.3) is 0 Å². The summed E-state index contributed by atoms with van der Waals surface area (Å²) < 4.78 is 5.85. The Hall–Kier alpha value is -3.12. The van der Waals surface area contributed by atoms with Gasteiger partial charge >= 0.3 is 0 Å². The van der Waals surface area contributed by atoms with Crippen LogP contribution in [0.15, 0.2) is 66.7 Å². The number of carbonyl (C=O) groups excluding carboxylic acids is 2. The van der Waals surface area contributed by atoms with Crippen LogP contribution in [0.2, 0.25) is 0 Å². The van der Waals surface area contributed by atoms with Crippen molar-refractivity contribution < 1.29 is 14.3 Å². The van der Waals surface area contributed by atoms with Gasteiger partial charge in [-0.3, -0.25) is 14.5 Å². The van der Waals surface area contributed by atoms with E-state index in [9.17, 15) is 9.59 Å². The maximum atomic E-state index is 13.3. The zero-order chi connectivity index (χ0) is 22.2. The molecule has 2 aromatic rings. The van der Waals surface area contributed by atoms with Gasteiger partial charge < -0.3 is 15.4 Å². The van der Waals surface area contributed by atoms with E-state index in [1.807, 2.05) is 24.3 Å². The molecule has 1 unspecified atom stereocenters. The summed E-state index contributed by atoms with van der Waals surface area (Å²) in [5, 5.41) is 5.96. The second kappa shape index (κ2) is 10.5. The van der Waals surface area contributed by atoms with Gasteiger partial charge in [0.05, 0.1) is 11.0 Å². The number of hydrogen-bond donors (Lipinski definition) is 2. The van der Waals surface area contributed by atoms with Gasteiger partial charge in [0, 0.05) is 26.2 Å². The van der Waals surface area contributed by atoms with Crippen LogP contribution >= 0.6 is 0 Å². The van der Waals surface area contributed by atoms with Gasteiger partial charge in [0.15, 0.2) is 0 Å². The Morgan fingerprint density at radius 2 is 1.72 bits per heavy atom. The Kier molecular flexibility index (Phi) is 7.22. The number of ether oxygens (including phenoxy) is 1. The van der Waals surface area contributed by atoms with E-state index in [0.717, 1.165) is 25.9 Å². The molecular weight excluding hydrogens is 402 g/mol. The van der Waals surface area contributed by atoms with E-state index < -0.39 is 5.41 Å². The number of rotatable bonds is 2. The minimum atomic E-state index is -0.477. The van der Waals surface area contributed by atoms with Crippen molar-refractivity contribution in [2.45, 2.75) is 25.8 Å². The highest BCUT2D eigenvalue weighted by atomic mass is 16.5. The number of allylic oxidation sites excluding steroid dienone is 1. The predicted molar refractivity (Wildman–Crippen MR) is 124 cm³/mol. The average molecular weight is 434 g/mol. The van der Waals surface area contributed by atoms with Crippen molar-refractivity contribution in [1.82, 2.24) is 15.5 Å². The van der Waals surface area contributed by atoms with Crippen molar-refractivity contribution in [2.75, 3.05) is 32.8 Å². The van der Waals surface area contributed by atoms with E-state index in [1.54, 1.807) is 12.1 Å². The molecule has 2 aliphatic heterocycles. The van der Waals surface area contributed by atoms with Crippen LogP contribution in [0.3, 0.4) is 0 Å². The minimum Gasteiger partial charge on any atom is -0.489 e. The first kappa shape index (κ1) is 22.1. The summed E-state index contributed by atoms with van der Waals surface area (Å²) in [7, 11) is 0. The number of fused-ring (bicyclic) bond motifs is 1. The highest BCUT2D eigenvalue weighted by Gasteiger charge is 2.41. The zero-order valence-corrected chi connectivity index (χ0v) is 18.4. The Balaban J connectivity index is 1.49. The van der Waals surface area contributed by atoms with Crippen LogP contribution < -0.4 is 15.4 Å². The number of piperidine rings is 1. The monoisotopic (exact) mass is 433 g/mol. The molecule has 1 fully saturated rings. The van der Waals surface area contributed by atoms with Gasteiger partial charge in [-0.1, -0.05) is 54.6 Å². The van der Waals surface area contributed by atoms with Crippen LogP contribution in [-0.2, 0) is 11.3 Å². The number of para-hydroxylation sites is 1. The Labute approximate surface area is 189 Å². The largest absolute Gasteiger partial charge is 0.489 e. The predicted octanol–water partition coefficient (Wildman–Crippen LogP) is 3.15. The first-order valence-electron chi connectivity index (χ1n) is 11.4. The normalized spacial score (nSPS) is 22.9. The van der Waals surface area contributed by atoms with E-state index >= 15 is 0 Å². The number of benzene rings is 2. The highest BCUT2D eigenvalue weighted by molar-refractivity contribution is 5.96. The zero-order valence-electron chi connectivity index (χ0n) is 18.4. The quantitative estimate of drug-likeness (QED) is 0.714. The lowest BCUT2D eigenvalue weighted by Crippen LogP contribution is -2.52. The molecule has 2 amide bonds. The van der Waals surface area contributed by atoms with Gasteiger partial charge in [-0.25, -0.2) is 0 Å². The molecule has 0 saturated carbocycles. The maximum absolute atomic E-state index is 13.3. The first-order chi connectivity index (χ1) is 15.7. The van der Waals surface area contributed by atoms with Gasteiger partial charge in [-0.2, -0.15) is 0 Å². The smallest absolute Gasteiger partial charge is 0.255 e. The third-order valence-corrected chi connectivity index (χ3v) is 6.22. The van der Waals surface area contributed by atoms with Crippen molar-refractivity contribution in [3.63, 3.8) is 0 Å². The second-order valence-corrected chi connectivity index (χ2v) is 8.57. The summed E-state index contributed by atoms with van der Waals surface area (Å²) in [4.78, 5) is 28.2. The SMILES string of the molecule is O=C1NCCNC(=O)C2(CC=CCOc3ccccc31)CCCN(Cc1ccccc1)C2. The summed E-state index contributed by atoms with van der Waals surface area (Å²) in [6.45, 7) is 3.68. The third kappa shape index (κ3) is 5.37. The topological polar surface area (TPSA) is 70.7 Å². The number of nitrogens with zero attached hydrogens (tertiary/aromatic N) is 1. The summed E-state index contributed by atoms with van der Waals surface area (Å²) in [5.41, 5.74) is 1.29. The van der Waals surface area contributed by atoms with Gasteiger partial charge in [0.2, 0.25) is 5.91 Å². The van der Waals surface area contributed by atoms with Crippen LogP contribution in [0.1, 0.15) is 35.2 Å². The van der Waals surface area contributed by atoms with E-state index in [0.29, 0.717) is 44.0 Å². The summed E-state index contributed by atoms with van der Waals surface area (Å²) >= 11 is 0. The fraction of sp³-hybridized carbons (Fsp3) is 0.385. The lowest BCUT2D eigenvalue weighted by molar-refractivity contribution is -0.134. The molecule has 0 aromatic heterocycles. The molecule has 4 rings (SSSR count). The van der Waals surface area contributed by atoms with E-state index in [-0.39, 0.29) is 11.8 Å². The maximum Gasteiger partial charge on any atom is 0.255 e. The van der Waals surface area contributed by atoms with Crippen molar-refractivity contribution in [3.8, 4) is 5.75 Å². The van der Waals surface area contributed by atoms with Crippen molar-refractivity contribution in [3.05, 3.63) is 77.9 Å². The number of amides is 2. The van der Waals surface area contributed by atoms with Gasteiger partial charge in [-0.05, 0) is 43.5 Å². The molecule has 6 nitrogen and oxygen atoms in total. The van der Waals surface area contributed by atoms with Gasteiger partial charge in [0.25, 0.3) is 5.91 Å². The summed E-state index contributed by atoms with van der Waals surface area (Å²) in [5.74, 6) is 0.432. The molecule has 6 heteroatoms. The molecule has 0 radical (unpaired) electrons. The van der Waals surface area contributed by atoms with Crippen LogP contribution in [0.5, 0.6) is 5.75 Å².